The largest absolute Gasteiger partial charge is 0.496 e. The molecule has 26 heavy (non-hydrogen) atoms. The molecular weight excluding hydrogens is 441 g/mol. The van der Waals surface area contributed by atoms with Crippen LogP contribution in [0, 0.1) is 0 Å². The molecule has 2 aromatic carbocycles. The number of hydrogen-bond donors (Lipinski definition) is 2. The molecule has 0 aromatic heterocycles. The number of methoxy groups -OCH3 is 1. The van der Waals surface area contributed by atoms with Gasteiger partial charge in [0.15, 0.2) is 5.96 Å². The van der Waals surface area contributed by atoms with Crippen molar-refractivity contribution in [3.63, 3.8) is 0 Å². The topological polar surface area (TPSA) is 54.9 Å². The zero-order valence-electron chi connectivity index (χ0n) is 15.6. The summed E-state index contributed by atoms with van der Waals surface area (Å²) in [7, 11) is 3.44. The summed E-state index contributed by atoms with van der Waals surface area (Å²) in [5, 5.41) is 6.64. The van der Waals surface area contributed by atoms with E-state index in [1.807, 2.05) is 42.5 Å². The zero-order chi connectivity index (χ0) is 17.9. The molecule has 6 heteroatoms. The van der Waals surface area contributed by atoms with Crippen molar-refractivity contribution in [1.82, 2.24) is 10.6 Å². The average molecular weight is 469 g/mol. The van der Waals surface area contributed by atoms with Crippen LogP contribution >= 0.6 is 24.0 Å². The van der Waals surface area contributed by atoms with Crippen LogP contribution in [0.2, 0.25) is 0 Å². The normalized spacial score (nSPS) is 12.0. The molecule has 1 unspecified atom stereocenters. The molecule has 0 bridgehead atoms. The Morgan fingerprint density at radius 1 is 1.08 bits per heavy atom. The monoisotopic (exact) mass is 469 g/mol. The van der Waals surface area contributed by atoms with E-state index in [2.05, 4.69) is 34.7 Å². The van der Waals surface area contributed by atoms with E-state index < -0.39 is 0 Å². The van der Waals surface area contributed by atoms with Crippen LogP contribution in [0.4, 0.5) is 0 Å². The highest BCUT2D eigenvalue weighted by Crippen LogP contribution is 2.17. The van der Waals surface area contributed by atoms with Gasteiger partial charge >= 0.3 is 0 Å². The van der Waals surface area contributed by atoms with Gasteiger partial charge in [0.1, 0.15) is 5.75 Å². The van der Waals surface area contributed by atoms with Crippen LogP contribution < -0.4 is 15.4 Å². The number of ether oxygens (including phenoxy) is 2. The number of halogens is 1. The molecule has 0 fully saturated rings. The van der Waals surface area contributed by atoms with E-state index in [9.17, 15) is 0 Å². The highest BCUT2D eigenvalue weighted by atomic mass is 127. The van der Waals surface area contributed by atoms with Crippen LogP contribution in [0.1, 0.15) is 24.1 Å². The number of rotatable bonds is 8. The van der Waals surface area contributed by atoms with Gasteiger partial charge in [0.2, 0.25) is 0 Å². The first-order valence-corrected chi connectivity index (χ1v) is 8.46. The van der Waals surface area contributed by atoms with E-state index in [0.29, 0.717) is 19.8 Å². The maximum Gasteiger partial charge on any atom is 0.191 e. The molecule has 5 nitrogen and oxygen atoms in total. The predicted molar refractivity (Wildman–Crippen MR) is 117 cm³/mol. The lowest BCUT2D eigenvalue weighted by atomic mass is 10.1. The third kappa shape index (κ3) is 7.21. The number of para-hydroxylation sites is 1. The maximum absolute atomic E-state index is 5.72. The minimum Gasteiger partial charge on any atom is -0.496 e. The molecule has 0 amide bonds. The minimum atomic E-state index is 0. The Labute approximate surface area is 173 Å². The third-order valence-corrected chi connectivity index (χ3v) is 3.87. The smallest absolute Gasteiger partial charge is 0.191 e. The highest BCUT2D eigenvalue weighted by Gasteiger charge is 2.07. The molecule has 0 saturated carbocycles. The Bertz CT molecular complexity index is 665. The van der Waals surface area contributed by atoms with Crippen molar-refractivity contribution in [1.29, 1.82) is 0 Å². The van der Waals surface area contributed by atoms with E-state index in [4.69, 9.17) is 9.47 Å². The summed E-state index contributed by atoms with van der Waals surface area (Å²) in [5.74, 6) is 1.61. The second-order valence-corrected chi connectivity index (χ2v) is 5.64. The fourth-order valence-corrected chi connectivity index (χ4v) is 2.47. The van der Waals surface area contributed by atoms with Crippen molar-refractivity contribution in [2.24, 2.45) is 4.99 Å². The van der Waals surface area contributed by atoms with Crippen molar-refractivity contribution >= 4 is 29.9 Å². The Morgan fingerprint density at radius 2 is 1.77 bits per heavy atom. The molecular formula is C20H28IN3O2. The van der Waals surface area contributed by atoms with Crippen molar-refractivity contribution in [3.8, 4) is 5.75 Å². The van der Waals surface area contributed by atoms with E-state index >= 15 is 0 Å². The summed E-state index contributed by atoms with van der Waals surface area (Å²) in [5.41, 5.74) is 2.27. The average Bonchev–Trinajstić information content (AvgIpc) is 2.67. The summed E-state index contributed by atoms with van der Waals surface area (Å²) in [6.07, 6.45) is 0. The lowest BCUT2D eigenvalue weighted by Crippen LogP contribution is -2.40. The first-order chi connectivity index (χ1) is 12.2. The predicted octanol–water partition coefficient (Wildman–Crippen LogP) is 3.76. The van der Waals surface area contributed by atoms with Gasteiger partial charge < -0.3 is 20.1 Å². The van der Waals surface area contributed by atoms with Crippen molar-refractivity contribution in [3.05, 3.63) is 65.7 Å². The fourth-order valence-electron chi connectivity index (χ4n) is 2.47. The van der Waals surface area contributed by atoms with E-state index in [1.54, 1.807) is 14.2 Å². The van der Waals surface area contributed by atoms with Gasteiger partial charge in [-0.3, -0.25) is 4.99 Å². The van der Waals surface area contributed by atoms with Crippen LogP contribution in [-0.2, 0) is 11.3 Å². The Balaban J connectivity index is 0.00000338. The summed E-state index contributed by atoms with van der Waals surface area (Å²) < 4.78 is 11.0. The third-order valence-electron chi connectivity index (χ3n) is 3.87. The molecule has 0 heterocycles. The van der Waals surface area contributed by atoms with Crippen LogP contribution in [0.25, 0.3) is 0 Å². The molecule has 0 aliphatic heterocycles. The number of aliphatic imine (C=N–C) groups is 1. The van der Waals surface area contributed by atoms with Crippen LogP contribution in [-0.4, -0.2) is 33.3 Å². The molecule has 0 radical (unpaired) electrons. The maximum atomic E-state index is 5.72. The molecule has 2 N–H and O–H groups in total. The Morgan fingerprint density at radius 3 is 2.46 bits per heavy atom. The van der Waals surface area contributed by atoms with Crippen LogP contribution in [0.5, 0.6) is 5.75 Å². The van der Waals surface area contributed by atoms with Gasteiger partial charge in [-0.25, -0.2) is 0 Å². The molecule has 0 aliphatic rings. The standard InChI is InChI=1S/C20H27N3O2.HI/c1-16(17-9-5-4-6-10-17)23-20(21-2)22-13-14-25-15-18-11-7-8-12-19(18)24-3;/h4-12,16H,13-15H2,1-3H3,(H2,21,22,23);1H. The molecule has 2 aromatic rings. The fraction of sp³-hybridized carbons (Fsp3) is 0.350. The zero-order valence-corrected chi connectivity index (χ0v) is 17.9. The number of benzene rings is 2. The highest BCUT2D eigenvalue weighted by molar-refractivity contribution is 14.0. The molecule has 142 valence electrons. The van der Waals surface area contributed by atoms with E-state index in [0.717, 1.165) is 17.3 Å². The van der Waals surface area contributed by atoms with Crippen LogP contribution in [0.15, 0.2) is 59.6 Å². The van der Waals surface area contributed by atoms with Gasteiger partial charge in [0.05, 0.1) is 26.4 Å². The van der Waals surface area contributed by atoms with Gasteiger partial charge in [0, 0.05) is 19.2 Å². The van der Waals surface area contributed by atoms with Crippen molar-refractivity contribution in [2.75, 3.05) is 27.3 Å². The molecule has 0 saturated heterocycles. The number of nitrogens with one attached hydrogen (secondary N) is 2. The minimum absolute atomic E-state index is 0. The van der Waals surface area contributed by atoms with Gasteiger partial charge in [-0.2, -0.15) is 0 Å². The second kappa shape index (κ2) is 12.5. The summed E-state index contributed by atoms with van der Waals surface area (Å²) in [6.45, 7) is 3.90. The number of hydrogen-bond acceptors (Lipinski definition) is 3. The quantitative estimate of drug-likeness (QED) is 0.268. The molecule has 1 atom stereocenters. The van der Waals surface area contributed by atoms with E-state index in [1.165, 1.54) is 5.56 Å². The lowest BCUT2D eigenvalue weighted by Gasteiger charge is -2.18. The first kappa shape index (κ1) is 22.2. The number of guanidine groups is 1. The Kier molecular flexibility index (Phi) is 10.7. The van der Waals surface area contributed by atoms with Gasteiger partial charge in [-0.05, 0) is 18.6 Å². The van der Waals surface area contributed by atoms with Gasteiger partial charge in [0.25, 0.3) is 0 Å². The first-order valence-electron chi connectivity index (χ1n) is 8.46. The lowest BCUT2D eigenvalue weighted by molar-refractivity contribution is 0.123. The summed E-state index contributed by atoms with van der Waals surface area (Å²) in [4.78, 5) is 4.26. The summed E-state index contributed by atoms with van der Waals surface area (Å²) >= 11 is 0. The van der Waals surface area contributed by atoms with Gasteiger partial charge in [-0.15, -0.1) is 24.0 Å². The van der Waals surface area contributed by atoms with E-state index in [-0.39, 0.29) is 30.0 Å². The SMILES string of the molecule is CN=C(NCCOCc1ccccc1OC)NC(C)c1ccccc1.I. The van der Waals surface area contributed by atoms with Crippen LogP contribution in [0.3, 0.4) is 0 Å². The number of nitrogens with zero attached hydrogens (tertiary/aromatic N) is 1. The molecule has 2 rings (SSSR count). The van der Waals surface area contributed by atoms with Crippen molar-refractivity contribution in [2.45, 2.75) is 19.6 Å². The van der Waals surface area contributed by atoms with Gasteiger partial charge in [-0.1, -0.05) is 48.5 Å². The molecule has 0 aliphatic carbocycles. The van der Waals surface area contributed by atoms with Crippen molar-refractivity contribution < 1.29 is 9.47 Å². The molecule has 0 spiro atoms. The Hall–Kier alpha value is -1.80. The summed E-state index contributed by atoms with van der Waals surface area (Å²) in [6, 6.07) is 18.4. The second-order valence-electron chi connectivity index (χ2n) is 5.64.